The minimum absolute atomic E-state index is 0.0368. The number of aromatic amines is 1. The number of nitrogens with one attached hydrogen (secondary N) is 3. The molecule has 4 aromatic rings. The molecule has 196 valence electrons. The third-order valence-electron chi connectivity index (χ3n) is 5.54. The summed E-state index contributed by atoms with van der Waals surface area (Å²) in [6, 6.07) is 13.8. The van der Waals surface area contributed by atoms with Crippen LogP contribution in [0.25, 0.3) is 5.95 Å². The second-order valence-corrected chi connectivity index (χ2v) is 8.30. The van der Waals surface area contributed by atoms with E-state index in [-0.39, 0.29) is 31.0 Å². The predicted molar refractivity (Wildman–Crippen MR) is 141 cm³/mol. The number of rotatable bonds is 11. The molecule has 2 aromatic carbocycles. The molecule has 4 rings (SSSR count). The van der Waals surface area contributed by atoms with Crippen LogP contribution in [-0.4, -0.2) is 49.8 Å². The summed E-state index contributed by atoms with van der Waals surface area (Å²) in [6.45, 7) is 3.68. The smallest absolute Gasteiger partial charge is 0.350 e. The molecule has 0 radical (unpaired) electrons. The highest BCUT2D eigenvalue weighted by Crippen LogP contribution is 2.29. The fourth-order valence-electron chi connectivity index (χ4n) is 3.71. The molecule has 38 heavy (non-hydrogen) atoms. The molecule has 1 unspecified atom stereocenters. The average molecular weight is 517 g/mol. The Kier molecular flexibility index (Phi) is 8.11. The van der Waals surface area contributed by atoms with Gasteiger partial charge in [0.2, 0.25) is 0 Å². The second-order valence-electron chi connectivity index (χ2n) is 8.30. The number of ether oxygens (including phenoxy) is 2. The fraction of sp³-hybridized carbons (Fsp3) is 0.231. The molecule has 0 amide bonds. The summed E-state index contributed by atoms with van der Waals surface area (Å²) in [6.07, 6.45) is 3.79. The minimum Gasteiger partial charge on any atom is -0.490 e. The monoisotopic (exact) mass is 516 g/mol. The van der Waals surface area contributed by atoms with E-state index >= 15 is 0 Å². The Morgan fingerprint density at radius 1 is 1.16 bits per heavy atom. The van der Waals surface area contributed by atoms with Gasteiger partial charge in [-0.25, -0.2) is 14.8 Å². The summed E-state index contributed by atoms with van der Waals surface area (Å²) in [5.74, 6) is 0.640. The van der Waals surface area contributed by atoms with Crippen LogP contribution in [-0.2, 0) is 16.0 Å². The van der Waals surface area contributed by atoms with Gasteiger partial charge in [0.15, 0.2) is 5.82 Å². The Morgan fingerprint density at radius 3 is 2.55 bits per heavy atom. The average Bonchev–Trinajstić information content (AvgIpc) is 3.31. The predicted octanol–water partition coefficient (Wildman–Crippen LogP) is 2.34. The van der Waals surface area contributed by atoms with Crippen molar-refractivity contribution < 1.29 is 14.3 Å². The van der Waals surface area contributed by atoms with Gasteiger partial charge >= 0.3 is 11.7 Å². The third-order valence-corrected chi connectivity index (χ3v) is 5.54. The number of hydrogen-bond acceptors (Lipinski definition) is 9. The lowest BCUT2D eigenvalue weighted by Gasteiger charge is -2.20. The van der Waals surface area contributed by atoms with Gasteiger partial charge in [0.1, 0.15) is 30.8 Å². The van der Waals surface area contributed by atoms with Crippen LogP contribution in [0.2, 0.25) is 0 Å². The van der Waals surface area contributed by atoms with E-state index in [1.54, 1.807) is 30.3 Å². The molecule has 5 N–H and O–H groups in total. The number of carbonyl (C=O) groups is 1. The Hall–Kier alpha value is -5.00. The number of nitrogen functional groups attached to an aromatic ring is 1. The van der Waals surface area contributed by atoms with E-state index in [1.807, 2.05) is 25.1 Å². The van der Waals surface area contributed by atoms with Crippen molar-refractivity contribution in [3.8, 4) is 11.7 Å². The maximum Gasteiger partial charge on any atom is 0.350 e. The molecule has 12 nitrogen and oxygen atoms in total. The maximum atomic E-state index is 12.8. The van der Waals surface area contributed by atoms with Gasteiger partial charge in [0, 0.05) is 30.6 Å². The molecule has 0 saturated heterocycles. The van der Waals surface area contributed by atoms with Crippen LogP contribution in [0.3, 0.4) is 0 Å². The minimum atomic E-state index is -0.599. The zero-order valence-corrected chi connectivity index (χ0v) is 21.0. The van der Waals surface area contributed by atoms with Gasteiger partial charge in [0.25, 0.3) is 5.95 Å². The van der Waals surface area contributed by atoms with Crippen molar-refractivity contribution in [1.29, 1.82) is 5.41 Å². The molecule has 0 saturated carbocycles. The molecule has 0 spiro atoms. The first-order chi connectivity index (χ1) is 18.3. The third kappa shape index (κ3) is 6.40. The molecule has 1 atom stereocenters. The number of esters is 1. The molecule has 12 heteroatoms. The van der Waals surface area contributed by atoms with Gasteiger partial charge in [-0.15, -0.1) is 9.78 Å². The lowest BCUT2D eigenvalue weighted by molar-refractivity contribution is -0.141. The Balaban J connectivity index is 1.73. The van der Waals surface area contributed by atoms with Gasteiger partial charge in [-0.1, -0.05) is 13.0 Å². The van der Waals surface area contributed by atoms with Crippen LogP contribution >= 0.6 is 0 Å². The quantitative estimate of drug-likeness (QED) is 0.101. The number of aromatic nitrogens is 5. The van der Waals surface area contributed by atoms with Crippen molar-refractivity contribution in [2.24, 2.45) is 5.73 Å². The molecule has 0 fully saturated rings. The van der Waals surface area contributed by atoms with E-state index < -0.39 is 11.7 Å². The Morgan fingerprint density at radius 2 is 1.89 bits per heavy atom. The number of aryl methyl sites for hydroxylation is 1. The normalized spacial score (nSPS) is 11.5. The Labute approximate surface area is 218 Å². The van der Waals surface area contributed by atoms with E-state index in [9.17, 15) is 9.59 Å². The van der Waals surface area contributed by atoms with Gasteiger partial charge in [0.05, 0.1) is 0 Å². The van der Waals surface area contributed by atoms with Crippen LogP contribution in [0, 0.1) is 5.41 Å². The van der Waals surface area contributed by atoms with Crippen molar-refractivity contribution in [1.82, 2.24) is 24.7 Å². The number of H-pyrrole nitrogens is 1. The van der Waals surface area contributed by atoms with E-state index in [1.165, 1.54) is 19.3 Å². The number of amidine groups is 1. The zero-order chi connectivity index (χ0) is 27.1. The molecule has 2 aromatic heterocycles. The summed E-state index contributed by atoms with van der Waals surface area (Å²) in [5.41, 5.74) is 8.17. The molecule has 0 aliphatic heterocycles. The van der Waals surface area contributed by atoms with Crippen molar-refractivity contribution in [2.75, 3.05) is 18.5 Å². The van der Waals surface area contributed by atoms with Crippen LogP contribution in [0.4, 0.5) is 5.69 Å². The van der Waals surface area contributed by atoms with Crippen molar-refractivity contribution in [2.45, 2.75) is 26.3 Å². The van der Waals surface area contributed by atoms with Crippen LogP contribution in [0.15, 0.2) is 65.7 Å². The molecule has 0 aliphatic rings. The van der Waals surface area contributed by atoms with Gasteiger partial charge in [-0.3, -0.25) is 15.2 Å². The number of carbonyl (C=O) groups excluding carboxylic acids is 1. The maximum absolute atomic E-state index is 12.8. The summed E-state index contributed by atoms with van der Waals surface area (Å²) in [5, 5.41) is 15.5. The van der Waals surface area contributed by atoms with E-state index in [0.29, 0.717) is 22.8 Å². The van der Waals surface area contributed by atoms with E-state index in [0.717, 1.165) is 22.2 Å². The number of hydrogen-bond donors (Lipinski definition) is 4. The lowest BCUT2D eigenvalue weighted by Crippen LogP contribution is -2.18. The van der Waals surface area contributed by atoms with Gasteiger partial charge < -0.3 is 20.5 Å². The van der Waals surface area contributed by atoms with Crippen LogP contribution in [0.1, 0.15) is 42.4 Å². The first-order valence-electron chi connectivity index (χ1n) is 11.9. The van der Waals surface area contributed by atoms with Gasteiger partial charge in [-0.05, 0) is 60.0 Å². The van der Waals surface area contributed by atoms with Crippen molar-refractivity contribution >= 4 is 17.5 Å². The van der Waals surface area contributed by atoms with Crippen LogP contribution < -0.4 is 21.5 Å². The molecule has 0 bridgehead atoms. The standard InChI is InChI=1S/C26H28N8O4/c1-3-17-13-19(15-21(14-17)38-12-11-37-16(2)35)22(31-20-7-5-18(6-8-20)23(27)28)24-32-26(36)34(33-24)25-29-9-4-10-30-25/h4-10,13-15,22,31H,3,11-12H2,1-2H3,(H3,27,28)(H,32,33,36). The largest absolute Gasteiger partial charge is 0.490 e. The number of nitrogens with two attached hydrogens (primary N) is 1. The highest BCUT2D eigenvalue weighted by molar-refractivity contribution is 5.95. The second kappa shape index (κ2) is 11.8. The molecular formula is C26H28N8O4. The van der Waals surface area contributed by atoms with Gasteiger partial charge in [-0.2, -0.15) is 0 Å². The SMILES string of the molecule is CCc1cc(OCCOC(C)=O)cc(C(Nc2ccc(C(=N)N)cc2)c2nn(-c3ncccn3)c(=O)[nH]2)c1. The first-order valence-corrected chi connectivity index (χ1v) is 11.9. The summed E-state index contributed by atoms with van der Waals surface area (Å²) in [7, 11) is 0. The molecule has 0 aliphatic carbocycles. The highest BCUT2D eigenvalue weighted by atomic mass is 16.6. The fourth-order valence-corrected chi connectivity index (χ4v) is 3.71. The first kappa shape index (κ1) is 26.1. The molecule has 2 heterocycles. The lowest BCUT2D eigenvalue weighted by atomic mass is 10.0. The zero-order valence-electron chi connectivity index (χ0n) is 21.0. The van der Waals surface area contributed by atoms with Crippen LogP contribution in [0.5, 0.6) is 5.75 Å². The summed E-state index contributed by atoms with van der Waals surface area (Å²) >= 11 is 0. The van der Waals surface area contributed by atoms with Crippen molar-refractivity contribution in [3.05, 3.63) is 93.9 Å². The number of anilines is 1. The van der Waals surface area contributed by atoms with Crippen molar-refractivity contribution in [3.63, 3.8) is 0 Å². The number of nitrogens with zero attached hydrogens (tertiary/aromatic N) is 4. The Bertz CT molecular complexity index is 1460. The van der Waals surface area contributed by atoms with E-state index in [2.05, 4.69) is 25.4 Å². The topological polar surface area (TPSA) is 174 Å². The molecular weight excluding hydrogens is 488 g/mol. The number of benzene rings is 2. The van der Waals surface area contributed by atoms with E-state index in [4.69, 9.17) is 20.6 Å². The summed E-state index contributed by atoms with van der Waals surface area (Å²) in [4.78, 5) is 34.9. The summed E-state index contributed by atoms with van der Waals surface area (Å²) < 4.78 is 11.9. The highest BCUT2D eigenvalue weighted by Gasteiger charge is 2.22.